The van der Waals surface area contributed by atoms with Gasteiger partial charge in [-0.25, -0.2) is 9.50 Å². The van der Waals surface area contributed by atoms with Crippen LogP contribution < -0.4 is 0 Å². The smallest absolute Gasteiger partial charge is 0.271 e. The van der Waals surface area contributed by atoms with E-state index in [2.05, 4.69) is 36.2 Å². The molecule has 0 radical (unpaired) electrons. The minimum Gasteiger partial charge on any atom is -0.271 e. The van der Waals surface area contributed by atoms with Crippen molar-refractivity contribution in [2.75, 3.05) is 0 Å². The molecule has 3 rings (SSSR count). The summed E-state index contributed by atoms with van der Waals surface area (Å²) in [4.78, 5) is 14.6. The zero-order valence-corrected chi connectivity index (χ0v) is 11.2. The van der Waals surface area contributed by atoms with Crippen molar-refractivity contribution in [1.82, 2.24) is 24.8 Å². The Bertz CT molecular complexity index is 793. The molecular formula is C10H7BrN6O2. The van der Waals surface area contributed by atoms with Crippen LogP contribution in [0.1, 0.15) is 5.69 Å². The fraction of sp³-hybridized carbons (Fsp3) is 0.100. The first-order valence-corrected chi connectivity index (χ1v) is 6.06. The zero-order valence-electron chi connectivity index (χ0n) is 9.66. The summed E-state index contributed by atoms with van der Waals surface area (Å²) in [6.07, 6.45) is 4.38. The highest BCUT2D eigenvalue weighted by molar-refractivity contribution is 9.10. The van der Waals surface area contributed by atoms with Crippen LogP contribution in [0.15, 0.2) is 23.1 Å². The number of halogens is 1. The normalized spacial score (nSPS) is 11.1. The fourth-order valence-electron chi connectivity index (χ4n) is 1.78. The molecule has 3 heterocycles. The quantitative estimate of drug-likeness (QED) is 0.575. The second kappa shape index (κ2) is 4.12. The average Bonchev–Trinajstić information content (AvgIpc) is 2.95. The first kappa shape index (κ1) is 11.8. The monoisotopic (exact) mass is 322 g/mol. The van der Waals surface area contributed by atoms with Crippen molar-refractivity contribution in [2.24, 2.45) is 0 Å². The van der Waals surface area contributed by atoms with E-state index in [0.717, 1.165) is 10.2 Å². The van der Waals surface area contributed by atoms with Gasteiger partial charge in [0.15, 0.2) is 5.65 Å². The molecule has 0 amide bonds. The largest absolute Gasteiger partial charge is 0.314 e. The van der Waals surface area contributed by atoms with Gasteiger partial charge in [0.25, 0.3) is 0 Å². The van der Waals surface area contributed by atoms with Gasteiger partial charge in [-0.05, 0) is 22.9 Å². The summed E-state index contributed by atoms with van der Waals surface area (Å²) >= 11 is 3.39. The van der Waals surface area contributed by atoms with Gasteiger partial charge in [0.05, 0.1) is 15.1 Å². The van der Waals surface area contributed by atoms with E-state index >= 15 is 0 Å². The van der Waals surface area contributed by atoms with Crippen LogP contribution in [-0.4, -0.2) is 29.7 Å². The van der Waals surface area contributed by atoms with E-state index in [4.69, 9.17) is 0 Å². The maximum Gasteiger partial charge on any atom is 0.314 e. The zero-order chi connectivity index (χ0) is 13.6. The molecule has 0 saturated heterocycles. The lowest BCUT2D eigenvalue weighted by Crippen LogP contribution is -1.94. The molecule has 0 spiro atoms. The van der Waals surface area contributed by atoms with Gasteiger partial charge in [0.1, 0.15) is 11.9 Å². The fourth-order valence-corrected chi connectivity index (χ4v) is 2.14. The SMILES string of the molecule is Cc1nn2cc(-c3[nH]ncc3[N+](=O)[O-])cnc2c1Br. The van der Waals surface area contributed by atoms with E-state index in [9.17, 15) is 10.1 Å². The molecule has 0 aliphatic heterocycles. The Morgan fingerprint density at radius 2 is 2.26 bits per heavy atom. The van der Waals surface area contributed by atoms with Crippen LogP contribution in [0.25, 0.3) is 16.9 Å². The molecule has 0 atom stereocenters. The van der Waals surface area contributed by atoms with Crippen LogP contribution in [0.3, 0.4) is 0 Å². The number of nitro groups is 1. The lowest BCUT2D eigenvalue weighted by Gasteiger charge is -1.98. The van der Waals surface area contributed by atoms with Crippen molar-refractivity contribution in [3.05, 3.63) is 38.9 Å². The van der Waals surface area contributed by atoms with Crippen LogP contribution in [0.4, 0.5) is 5.69 Å². The molecule has 0 aliphatic rings. The van der Waals surface area contributed by atoms with Gasteiger partial charge in [-0.3, -0.25) is 15.2 Å². The van der Waals surface area contributed by atoms with E-state index in [1.807, 2.05) is 6.92 Å². The molecule has 19 heavy (non-hydrogen) atoms. The minimum atomic E-state index is -0.493. The van der Waals surface area contributed by atoms with Crippen molar-refractivity contribution in [2.45, 2.75) is 6.92 Å². The molecule has 9 heteroatoms. The molecule has 0 aromatic carbocycles. The van der Waals surface area contributed by atoms with Crippen molar-refractivity contribution in [3.8, 4) is 11.3 Å². The van der Waals surface area contributed by atoms with Gasteiger partial charge in [0.2, 0.25) is 0 Å². The Kier molecular flexibility index (Phi) is 2.56. The summed E-state index contributed by atoms with van der Waals surface area (Å²) in [7, 11) is 0. The second-order valence-corrected chi connectivity index (χ2v) is 4.69. The topological polar surface area (TPSA) is 102 Å². The molecule has 8 nitrogen and oxygen atoms in total. The first-order chi connectivity index (χ1) is 9.08. The van der Waals surface area contributed by atoms with Crippen LogP contribution in [0, 0.1) is 17.0 Å². The number of aromatic nitrogens is 5. The highest BCUT2D eigenvalue weighted by Gasteiger charge is 2.19. The lowest BCUT2D eigenvalue weighted by atomic mass is 10.2. The van der Waals surface area contributed by atoms with Gasteiger partial charge in [-0.2, -0.15) is 10.2 Å². The van der Waals surface area contributed by atoms with Gasteiger partial charge in [-0.1, -0.05) is 0 Å². The molecule has 3 aromatic heterocycles. The highest BCUT2D eigenvalue weighted by Crippen LogP contribution is 2.28. The summed E-state index contributed by atoms with van der Waals surface area (Å²) < 4.78 is 2.37. The van der Waals surface area contributed by atoms with Crippen molar-refractivity contribution in [1.29, 1.82) is 0 Å². The lowest BCUT2D eigenvalue weighted by molar-refractivity contribution is -0.384. The van der Waals surface area contributed by atoms with E-state index in [-0.39, 0.29) is 5.69 Å². The Hall–Kier alpha value is -2.29. The average molecular weight is 323 g/mol. The maximum atomic E-state index is 10.9. The van der Waals surface area contributed by atoms with Crippen LogP contribution in [0.2, 0.25) is 0 Å². The molecule has 3 aromatic rings. The maximum absolute atomic E-state index is 10.9. The van der Waals surface area contributed by atoms with Crippen LogP contribution in [0.5, 0.6) is 0 Å². The molecule has 96 valence electrons. The second-order valence-electron chi connectivity index (χ2n) is 3.90. The van der Waals surface area contributed by atoms with E-state index in [1.165, 1.54) is 6.20 Å². The number of nitrogens with one attached hydrogen (secondary N) is 1. The number of nitrogens with zero attached hydrogens (tertiary/aromatic N) is 5. The number of hydrogen-bond acceptors (Lipinski definition) is 5. The Balaban J connectivity index is 2.20. The molecule has 0 unspecified atom stereocenters. The summed E-state index contributed by atoms with van der Waals surface area (Å²) in [5.74, 6) is 0. The summed E-state index contributed by atoms with van der Waals surface area (Å²) in [5, 5.41) is 21.4. The van der Waals surface area contributed by atoms with Gasteiger partial charge < -0.3 is 0 Å². The molecule has 0 aliphatic carbocycles. The number of H-pyrrole nitrogens is 1. The highest BCUT2D eigenvalue weighted by atomic mass is 79.9. The van der Waals surface area contributed by atoms with E-state index in [1.54, 1.807) is 16.9 Å². The van der Waals surface area contributed by atoms with Gasteiger partial charge >= 0.3 is 5.69 Å². The Morgan fingerprint density at radius 1 is 1.47 bits per heavy atom. The number of rotatable bonds is 2. The number of fused-ring (bicyclic) bond motifs is 1. The van der Waals surface area contributed by atoms with E-state index < -0.39 is 4.92 Å². The molecule has 0 saturated carbocycles. The summed E-state index contributed by atoms with van der Waals surface area (Å²) in [6.45, 7) is 1.84. The Morgan fingerprint density at radius 3 is 3.00 bits per heavy atom. The van der Waals surface area contributed by atoms with Gasteiger partial charge in [0, 0.05) is 18.0 Å². The summed E-state index contributed by atoms with van der Waals surface area (Å²) in [6, 6.07) is 0. The third kappa shape index (κ3) is 1.78. The van der Waals surface area contributed by atoms with Crippen LogP contribution in [-0.2, 0) is 0 Å². The number of aryl methyl sites for hydroxylation is 1. The minimum absolute atomic E-state index is 0.0934. The van der Waals surface area contributed by atoms with Crippen molar-refractivity contribution in [3.63, 3.8) is 0 Å². The number of hydrogen-bond donors (Lipinski definition) is 1. The predicted molar refractivity (Wildman–Crippen MR) is 69.7 cm³/mol. The molecule has 0 bridgehead atoms. The van der Waals surface area contributed by atoms with Gasteiger partial charge in [-0.15, -0.1) is 0 Å². The number of aromatic amines is 1. The summed E-state index contributed by atoms with van der Waals surface area (Å²) in [5.41, 5.74) is 2.21. The standard InChI is InChI=1S/C10H7BrN6O2/c1-5-8(11)10-12-2-6(4-16(10)15-5)9-7(17(18)19)3-13-14-9/h2-4H,1H3,(H,13,14). The van der Waals surface area contributed by atoms with Crippen LogP contribution >= 0.6 is 15.9 Å². The third-order valence-electron chi connectivity index (χ3n) is 2.68. The molecule has 1 N–H and O–H groups in total. The first-order valence-electron chi connectivity index (χ1n) is 5.26. The van der Waals surface area contributed by atoms with Crippen molar-refractivity contribution < 1.29 is 4.92 Å². The van der Waals surface area contributed by atoms with Crippen molar-refractivity contribution >= 4 is 27.3 Å². The predicted octanol–water partition coefficient (Wildman–Crippen LogP) is 2.10. The molecule has 0 fully saturated rings. The molecular weight excluding hydrogens is 316 g/mol. The van der Waals surface area contributed by atoms with E-state index in [0.29, 0.717) is 16.9 Å². The Labute approximate surface area is 114 Å². The third-order valence-corrected chi connectivity index (χ3v) is 3.61.